The number of hydrogen-bond acceptors (Lipinski definition) is 3. The minimum Gasteiger partial charge on any atom is -0.497 e. The zero-order valence-electron chi connectivity index (χ0n) is 11.1. The summed E-state index contributed by atoms with van der Waals surface area (Å²) in [5.41, 5.74) is 2.16. The second kappa shape index (κ2) is 6.16. The van der Waals surface area contributed by atoms with Crippen molar-refractivity contribution in [1.82, 2.24) is 10.2 Å². The number of halogens is 1. The number of piperazine rings is 1. The second-order valence-electron chi connectivity index (χ2n) is 4.68. The molecule has 1 aromatic rings. The fourth-order valence-corrected chi connectivity index (χ4v) is 2.52. The van der Waals surface area contributed by atoms with E-state index in [4.69, 9.17) is 4.74 Å². The molecule has 0 amide bonds. The standard InChI is InChI=1S/C14H21FN2O/c1-11-9-12(18-2)3-4-13(11)14(10-15)17-7-5-16-6-8-17/h3-4,9,14,16H,5-8,10H2,1-2H3/t14-/m1/s1. The molecule has 0 saturated carbocycles. The number of nitrogens with one attached hydrogen (secondary N) is 1. The third kappa shape index (κ3) is 2.82. The Morgan fingerprint density at radius 2 is 2.11 bits per heavy atom. The maximum absolute atomic E-state index is 13.4. The van der Waals surface area contributed by atoms with Crippen molar-refractivity contribution in [3.8, 4) is 5.75 Å². The lowest BCUT2D eigenvalue weighted by Crippen LogP contribution is -2.45. The summed E-state index contributed by atoms with van der Waals surface area (Å²) in [7, 11) is 1.65. The van der Waals surface area contributed by atoms with Gasteiger partial charge in [0, 0.05) is 26.2 Å². The summed E-state index contributed by atoms with van der Waals surface area (Å²) in [6, 6.07) is 5.74. The van der Waals surface area contributed by atoms with E-state index in [2.05, 4.69) is 10.2 Å². The molecule has 1 N–H and O–H groups in total. The van der Waals surface area contributed by atoms with E-state index in [0.29, 0.717) is 0 Å². The van der Waals surface area contributed by atoms with Gasteiger partial charge in [0.05, 0.1) is 13.2 Å². The summed E-state index contributed by atoms with van der Waals surface area (Å²) in [6.45, 7) is 5.35. The molecule has 18 heavy (non-hydrogen) atoms. The summed E-state index contributed by atoms with van der Waals surface area (Å²) in [5.74, 6) is 0.828. The smallest absolute Gasteiger partial charge is 0.119 e. The molecule has 2 rings (SSSR count). The van der Waals surface area contributed by atoms with Crippen LogP contribution in [0.2, 0.25) is 0 Å². The monoisotopic (exact) mass is 252 g/mol. The summed E-state index contributed by atoms with van der Waals surface area (Å²) < 4.78 is 18.6. The zero-order valence-corrected chi connectivity index (χ0v) is 11.1. The third-order valence-electron chi connectivity index (χ3n) is 3.57. The summed E-state index contributed by atoms with van der Waals surface area (Å²) in [5, 5.41) is 3.29. The third-order valence-corrected chi connectivity index (χ3v) is 3.57. The van der Waals surface area contributed by atoms with Gasteiger partial charge in [0.1, 0.15) is 12.4 Å². The highest BCUT2D eigenvalue weighted by Crippen LogP contribution is 2.27. The number of rotatable bonds is 4. The number of ether oxygens (including phenoxy) is 1. The molecule has 0 spiro atoms. The summed E-state index contributed by atoms with van der Waals surface area (Å²) in [4.78, 5) is 2.21. The van der Waals surface area contributed by atoms with Crippen LogP contribution in [0.4, 0.5) is 4.39 Å². The first-order chi connectivity index (χ1) is 8.76. The summed E-state index contributed by atoms with van der Waals surface area (Å²) in [6.07, 6.45) is 0. The molecule has 0 bridgehead atoms. The zero-order chi connectivity index (χ0) is 13.0. The molecule has 0 aromatic heterocycles. The lowest BCUT2D eigenvalue weighted by Gasteiger charge is -2.34. The van der Waals surface area contributed by atoms with Gasteiger partial charge in [-0.1, -0.05) is 6.07 Å². The van der Waals surface area contributed by atoms with Crippen molar-refractivity contribution >= 4 is 0 Å². The van der Waals surface area contributed by atoms with E-state index in [0.717, 1.165) is 43.1 Å². The van der Waals surface area contributed by atoms with Crippen LogP contribution < -0.4 is 10.1 Å². The maximum atomic E-state index is 13.4. The lowest BCUT2D eigenvalue weighted by molar-refractivity contribution is 0.147. The van der Waals surface area contributed by atoms with Crippen LogP contribution in [0, 0.1) is 6.92 Å². The number of hydrogen-bond donors (Lipinski definition) is 1. The van der Waals surface area contributed by atoms with Crippen LogP contribution in [0.15, 0.2) is 18.2 Å². The minimum atomic E-state index is -0.340. The molecule has 100 valence electrons. The van der Waals surface area contributed by atoms with Crippen LogP contribution in [-0.4, -0.2) is 44.9 Å². The van der Waals surface area contributed by atoms with Gasteiger partial charge in [-0.15, -0.1) is 0 Å². The number of nitrogens with zero attached hydrogens (tertiary/aromatic N) is 1. The van der Waals surface area contributed by atoms with E-state index in [1.165, 1.54) is 0 Å². The molecular formula is C14H21FN2O. The van der Waals surface area contributed by atoms with Gasteiger partial charge in [-0.3, -0.25) is 4.90 Å². The SMILES string of the molecule is COc1ccc([C@@H](CF)N2CCNCC2)c(C)c1. The van der Waals surface area contributed by atoms with E-state index < -0.39 is 0 Å². The van der Waals surface area contributed by atoms with E-state index in [9.17, 15) is 4.39 Å². The lowest BCUT2D eigenvalue weighted by atomic mass is 10.00. The van der Waals surface area contributed by atoms with Crippen molar-refractivity contribution in [2.75, 3.05) is 40.0 Å². The van der Waals surface area contributed by atoms with Crippen molar-refractivity contribution in [3.05, 3.63) is 29.3 Å². The van der Waals surface area contributed by atoms with E-state index in [-0.39, 0.29) is 12.7 Å². The van der Waals surface area contributed by atoms with Gasteiger partial charge in [0.2, 0.25) is 0 Å². The molecule has 1 aromatic carbocycles. The van der Waals surface area contributed by atoms with Crippen LogP contribution >= 0.6 is 0 Å². The second-order valence-corrected chi connectivity index (χ2v) is 4.68. The molecule has 1 atom stereocenters. The molecule has 0 radical (unpaired) electrons. The van der Waals surface area contributed by atoms with Crippen LogP contribution in [0.1, 0.15) is 17.2 Å². The van der Waals surface area contributed by atoms with Gasteiger partial charge >= 0.3 is 0 Å². The Labute approximate surface area is 108 Å². The Hall–Kier alpha value is -1.13. The predicted molar refractivity (Wildman–Crippen MR) is 70.9 cm³/mol. The van der Waals surface area contributed by atoms with E-state index in [1.54, 1.807) is 7.11 Å². The molecule has 3 nitrogen and oxygen atoms in total. The summed E-state index contributed by atoms with van der Waals surface area (Å²) >= 11 is 0. The molecule has 0 aliphatic carbocycles. The Balaban J connectivity index is 2.20. The van der Waals surface area contributed by atoms with Crippen LogP contribution in [0.5, 0.6) is 5.75 Å². The van der Waals surface area contributed by atoms with Gasteiger partial charge in [-0.05, 0) is 30.2 Å². The molecule has 1 aliphatic heterocycles. The molecular weight excluding hydrogens is 231 g/mol. The van der Waals surface area contributed by atoms with Gasteiger partial charge in [0.15, 0.2) is 0 Å². The largest absolute Gasteiger partial charge is 0.497 e. The Bertz CT molecular complexity index is 391. The van der Waals surface area contributed by atoms with Crippen molar-refractivity contribution in [1.29, 1.82) is 0 Å². The highest BCUT2D eigenvalue weighted by molar-refractivity contribution is 5.36. The van der Waals surface area contributed by atoms with Crippen LogP contribution in [-0.2, 0) is 0 Å². The van der Waals surface area contributed by atoms with Crippen LogP contribution in [0.3, 0.4) is 0 Å². The van der Waals surface area contributed by atoms with E-state index >= 15 is 0 Å². The topological polar surface area (TPSA) is 24.5 Å². The fraction of sp³-hybridized carbons (Fsp3) is 0.571. The van der Waals surface area contributed by atoms with Gasteiger partial charge < -0.3 is 10.1 Å². The van der Waals surface area contributed by atoms with E-state index in [1.807, 2.05) is 25.1 Å². The van der Waals surface area contributed by atoms with Gasteiger partial charge in [-0.2, -0.15) is 0 Å². The normalized spacial score (nSPS) is 18.6. The molecule has 1 saturated heterocycles. The average molecular weight is 252 g/mol. The highest BCUT2D eigenvalue weighted by atomic mass is 19.1. The maximum Gasteiger partial charge on any atom is 0.119 e. The number of methoxy groups -OCH3 is 1. The quantitative estimate of drug-likeness (QED) is 0.886. The molecule has 1 aliphatic rings. The Morgan fingerprint density at radius 3 is 2.67 bits per heavy atom. The Morgan fingerprint density at radius 1 is 1.39 bits per heavy atom. The minimum absolute atomic E-state index is 0.127. The number of alkyl halides is 1. The average Bonchev–Trinajstić information content (AvgIpc) is 2.42. The fourth-order valence-electron chi connectivity index (χ4n) is 2.52. The number of benzene rings is 1. The van der Waals surface area contributed by atoms with Gasteiger partial charge in [-0.25, -0.2) is 4.39 Å². The Kier molecular flexibility index (Phi) is 4.55. The molecule has 4 heteroatoms. The molecule has 1 fully saturated rings. The predicted octanol–water partition coefficient (Wildman–Crippen LogP) is 1.92. The first kappa shape index (κ1) is 13.3. The van der Waals surface area contributed by atoms with Gasteiger partial charge in [0.25, 0.3) is 0 Å². The number of aryl methyl sites for hydroxylation is 1. The molecule has 0 unspecified atom stereocenters. The van der Waals surface area contributed by atoms with Crippen molar-refractivity contribution in [2.24, 2.45) is 0 Å². The highest BCUT2D eigenvalue weighted by Gasteiger charge is 2.23. The van der Waals surface area contributed by atoms with Crippen LogP contribution in [0.25, 0.3) is 0 Å². The first-order valence-corrected chi connectivity index (χ1v) is 6.41. The van der Waals surface area contributed by atoms with Crippen molar-refractivity contribution in [2.45, 2.75) is 13.0 Å². The first-order valence-electron chi connectivity index (χ1n) is 6.41. The van der Waals surface area contributed by atoms with Crippen molar-refractivity contribution in [3.63, 3.8) is 0 Å². The molecule has 1 heterocycles. The van der Waals surface area contributed by atoms with Crippen molar-refractivity contribution < 1.29 is 9.13 Å².